The fourth-order valence-electron chi connectivity index (χ4n) is 1.74. The van der Waals surface area contributed by atoms with Crippen LogP contribution in [0.15, 0.2) is 45.8 Å². The molecule has 1 nitrogen and oxygen atoms in total. The lowest BCUT2D eigenvalue weighted by Crippen LogP contribution is -1.94. The van der Waals surface area contributed by atoms with Crippen LogP contribution in [0.1, 0.15) is 16.7 Å². The van der Waals surface area contributed by atoms with Crippen molar-refractivity contribution in [2.75, 3.05) is 5.73 Å². The van der Waals surface area contributed by atoms with E-state index < -0.39 is 0 Å². The lowest BCUT2D eigenvalue weighted by molar-refractivity contribution is 1.25. The molecule has 0 aliphatic rings. The first kappa shape index (κ1) is 13.5. The molecule has 0 aliphatic heterocycles. The zero-order valence-corrected chi connectivity index (χ0v) is 12.9. The van der Waals surface area contributed by atoms with Gasteiger partial charge in [0.2, 0.25) is 0 Å². The molecule has 0 saturated heterocycles. The lowest BCUT2D eigenvalue weighted by atomic mass is 10.2. The molecule has 0 amide bonds. The zero-order valence-electron chi connectivity index (χ0n) is 10.5. The number of rotatable bonds is 3. The van der Waals surface area contributed by atoms with Gasteiger partial charge in [-0.2, -0.15) is 0 Å². The van der Waals surface area contributed by atoms with E-state index in [1.807, 2.05) is 30.0 Å². The van der Waals surface area contributed by atoms with E-state index >= 15 is 0 Å². The van der Waals surface area contributed by atoms with E-state index in [-0.39, 0.29) is 0 Å². The van der Waals surface area contributed by atoms with E-state index in [0.29, 0.717) is 0 Å². The van der Waals surface area contributed by atoms with Crippen LogP contribution in [-0.4, -0.2) is 0 Å². The summed E-state index contributed by atoms with van der Waals surface area (Å²) in [5, 5.41) is 0. The summed E-state index contributed by atoms with van der Waals surface area (Å²) in [7, 11) is 0. The number of aryl methyl sites for hydroxylation is 2. The van der Waals surface area contributed by atoms with E-state index in [1.54, 1.807) is 0 Å². The molecular weight excluding hydrogens is 306 g/mol. The van der Waals surface area contributed by atoms with Crippen molar-refractivity contribution in [2.24, 2.45) is 0 Å². The van der Waals surface area contributed by atoms with Crippen LogP contribution in [0, 0.1) is 13.8 Å². The molecule has 0 spiro atoms. The summed E-state index contributed by atoms with van der Waals surface area (Å²) < 4.78 is 1.08. The number of hydrogen-bond acceptors (Lipinski definition) is 2. The Morgan fingerprint density at radius 3 is 2.67 bits per heavy atom. The predicted molar refractivity (Wildman–Crippen MR) is 84.0 cm³/mol. The van der Waals surface area contributed by atoms with Crippen LogP contribution >= 0.6 is 27.7 Å². The number of nitrogen functional groups attached to an aromatic ring is 1. The first-order chi connectivity index (χ1) is 8.58. The molecule has 0 aromatic heterocycles. The molecule has 2 N–H and O–H groups in total. The third kappa shape index (κ3) is 3.09. The number of hydrogen-bond donors (Lipinski definition) is 1. The summed E-state index contributed by atoms with van der Waals surface area (Å²) in [4.78, 5) is 1.32. The molecule has 0 fully saturated rings. The zero-order chi connectivity index (χ0) is 13.1. The first-order valence-electron chi connectivity index (χ1n) is 5.81. The highest BCUT2D eigenvalue weighted by Crippen LogP contribution is 2.32. The van der Waals surface area contributed by atoms with Gasteiger partial charge in [-0.05, 0) is 43.2 Å². The van der Waals surface area contributed by atoms with Crippen LogP contribution < -0.4 is 5.73 Å². The maximum absolute atomic E-state index is 6.01. The van der Waals surface area contributed by atoms with Crippen LogP contribution in [0.4, 0.5) is 5.69 Å². The molecule has 0 unspecified atom stereocenters. The first-order valence-corrected chi connectivity index (χ1v) is 7.58. The van der Waals surface area contributed by atoms with Crippen molar-refractivity contribution in [3.05, 3.63) is 57.6 Å². The van der Waals surface area contributed by atoms with E-state index in [0.717, 1.165) is 15.9 Å². The highest BCUT2D eigenvalue weighted by molar-refractivity contribution is 9.10. The molecule has 0 radical (unpaired) electrons. The molecule has 2 aromatic carbocycles. The predicted octanol–water partition coefficient (Wildman–Crippen LogP) is 4.94. The van der Waals surface area contributed by atoms with Gasteiger partial charge in [0.05, 0.1) is 0 Å². The summed E-state index contributed by atoms with van der Waals surface area (Å²) in [6.45, 7) is 4.27. The summed E-state index contributed by atoms with van der Waals surface area (Å²) in [6.07, 6.45) is 0. The average molecular weight is 322 g/mol. The van der Waals surface area contributed by atoms with Crippen molar-refractivity contribution < 1.29 is 0 Å². The molecule has 0 aliphatic carbocycles. The number of anilines is 1. The van der Waals surface area contributed by atoms with Crippen molar-refractivity contribution in [3.8, 4) is 0 Å². The SMILES string of the molecule is Cc1ccc(C)c(SCc2c(N)cccc2Br)c1. The van der Waals surface area contributed by atoms with E-state index in [2.05, 4.69) is 48.0 Å². The minimum atomic E-state index is 0.849. The van der Waals surface area contributed by atoms with Crippen LogP contribution in [-0.2, 0) is 5.75 Å². The second-order valence-corrected chi connectivity index (χ2v) is 6.24. The molecular formula is C15H16BrNS. The molecule has 2 aromatic rings. The highest BCUT2D eigenvalue weighted by Gasteiger charge is 2.06. The number of benzene rings is 2. The van der Waals surface area contributed by atoms with Crippen LogP contribution in [0.25, 0.3) is 0 Å². The fraction of sp³-hybridized carbons (Fsp3) is 0.200. The third-order valence-corrected chi connectivity index (χ3v) is 4.80. The van der Waals surface area contributed by atoms with Crippen molar-refractivity contribution in [2.45, 2.75) is 24.5 Å². The van der Waals surface area contributed by atoms with E-state index in [9.17, 15) is 0 Å². The number of halogens is 1. The Hall–Kier alpha value is -0.930. The second kappa shape index (κ2) is 5.81. The van der Waals surface area contributed by atoms with Crippen LogP contribution in [0.3, 0.4) is 0 Å². The molecule has 2 rings (SSSR count). The van der Waals surface area contributed by atoms with Gasteiger partial charge in [-0.1, -0.05) is 39.7 Å². The molecule has 0 bridgehead atoms. The topological polar surface area (TPSA) is 26.0 Å². The maximum Gasteiger partial charge on any atom is 0.0366 e. The summed E-state index contributed by atoms with van der Waals surface area (Å²) in [5.74, 6) is 0.886. The molecule has 0 saturated carbocycles. The van der Waals surface area contributed by atoms with Crippen molar-refractivity contribution in [1.29, 1.82) is 0 Å². The van der Waals surface area contributed by atoms with Gasteiger partial charge < -0.3 is 5.73 Å². The summed E-state index contributed by atoms with van der Waals surface area (Å²) in [6, 6.07) is 12.5. The van der Waals surface area contributed by atoms with Crippen molar-refractivity contribution >= 4 is 33.4 Å². The lowest BCUT2D eigenvalue weighted by Gasteiger charge is -2.10. The van der Waals surface area contributed by atoms with Crippen molar-refractivity contribution in [3.63, 3.8) is 0 Å². The Morgan fingerprint density at radius 2 is 1.94 bits per heavy atom. The average Bonchev–Trinajstić information content (AvgIpc) is 2.33. The monoisotopic (exact) mass is 321 g/mol. The Balaban J connectivity index is 2.19. The van der Waals surface area contributed by atoms with Gasteiger partial charge in [0, 0.05) is 20.8 Å². The second-order valence-electron chi connectivity index (χ2n) is 4.37. The van der Waals surface area contributed by atoms with Crippen LogP contribution in [0.2, 0.25) is 0 Å². The van der Waals surface area contributed by atoms with Crippen molar-refractivity contribution in [1.82, 2.24) is 0 Å². The van der Waals surface area contributed by atoms with Gasteiger partial charge in [0.15, 0.2) is 0 Å². The smallest absolute Gasteiger partial charge is 0.0366 e. The Bertz CT molecular complexity index is 546. The number of thioether (sulfide) groups is 1. The fourth-order valence-corrected chi connectivity index (χ4v) is 3.63. The van der Waals surface area contributed by atoms with E-state index in [1.165, 1.54) is 21.6 Å². The molecule has 18 heavy (non-hydrogen) atoms. The Labute approximate surface area is 121 Å². The van der Waals surface area contributed by atoms with Gasteiger partial charge >= 0.3 is 0 Å². The standard InChI is InChI=1S/C15H16BrNS/c1-10-6-7-11(2)15(8-10)18-9-12-13(16)4-3-5-14(12)17/h3-8H,9,17H2,1-2H3. The largest absolute Gasteiger partial charge is 0.398 e. The Morgan fingerprint density at radius 1 is 1.17 bits per heavy atom. The van der Waals surface area contributed by atoms with Gasteiger partial charge in [-0.3, -0.25) is 0 Å². The normalized spacial score (nSPS) is 10.6. The Kier molecular flexibility index (Phi) is 4.36. The minimum Gasteiger partial charge on any atom is -0.398 e. The van der Waals surface area contributed by atoms with E-state index in [4.69, 9.17) is 5.73 Å². The van der Waals surface area contributed by atoms with Gasteiger partial charge in [-0.25, -0.2) is 0 Å². The molecule has 94 valence electrons. The highest BCUT2D eigenvalue weighted by atomic mass is 79.9. The maximum atomic E-state index is 6.01. The van der Waals surface area contributed by atoms with Crippen LogP contribution in [0.5, 0.6) is 0 Å². The summed E-state index contributed by atoms with van der Waals surface area (Å²) >= 11 is 5.39. The molecule has 0 atom stereocenters. The molecule has 0 heterocycles. The van der Waals surface area contributed by atoms with Gasteiger partial charge in [-0.15, -0.1) is 11.8 Å². The molecule has 3 heteroatoms. The minimum absolute atomic E-state index is 0.849. The van der Waals surface area contributed by atoms with Gasteiger partial charge in [0.25, 0.3) is 0 Å². The van der Waals surface area contributed by atoms with Gasteiger partial charge in [0.1, 0.15) is 0 Å². The number of nitrogens with two attached hydrogens (primary N) is 1. The third-order valence-electron chi connectivity index (χ3n) is 2.87. The summed E-state index contributed by atoms with van der Waals surface area (Å²) in [5.41, 5.74) is 10.6. The quantitative estimate of drug-likeness (QED) is 0.640.